The van der Waals surface area contributed by atoms with E-state index in [-0.39, 0.29) is 16.7 Å². The van der Waals surface area contributed by atoms with Gasteiger partial charge in [0.15, 0.2) is 0 Å². The van der Waals surface area contributed by atoms with Gasteiger partial charge in [-0.2, -0.15) is 0 Å². The molecule has 2 rings (SSSR count). The van der Waals surface area contributed by atoms with Crippen LogP contribution in [-0.4, -0.2) is 29.0 Å². The Hall–Kier alpha value is -1.69. The second-order valence-electron chi connectivity index (χ2n) is 5.27. The molecule has 2 N–H and O–H groups in total. The molecule has 104 valence electrons. The smallest absolute Gasteiger partial charge is 0.314 e. The number of anilines is 1. The van der Waals surface area contributed by atoms with Crippen molar-refractivity contribution in [2.24, 2.45) is 11.7 Å². The number of piperidine rings is 1. The maximum atomic E-state index is 11.3. The van der Waals surface area contributed by atoms with Crippen LogP contribution < -0.4 is 10.6 Å². The number of nitrogens with zero attached hydrogens (tertiary/aromatic N) is 3. The van der Waals surface area contributed by atoms with Gasteiger partial charge in [-0.1, -0.05) is 6.92 Å². The van der Waals surface area contributed by atoms with Gasteiger partial charge >= 0.3 is 5.69 Å². The molecule has 1 saturated heterocycles. The van der Waals surface area contributed by atoms with Gasteiger partial charge in [-0.25, -0.2) is 4.98 Å². The third kappa shape index (κ3) is 2.68. The van der Waals surface area contributed by atoms with Gasteiger partial charge in [-0.3, -0.25) is 10.1 Å². The number of aromatic nitrogens is 1. The second-order valence-corrected chi connectivity index (χ2v) is 5.27. The third-order valence-corrected chi connectivity index (χ3v) is 3.81. The Morgan fingerprint density at radius 2 is 2.37 bits per heavy atom. The summed E-state index contributed by atoms with van der Waals surface area (Å²) in [7, 11) is 0. The normalized spacial score (nSPS) is 23.4. The van der Waals surface area contributed by atoms with Gasteiger partial charge < -0.3 is 10.6 Å². The van der Waals surface area contributed by atoms with E-state index in [1.807, 2.05) is 4.90 Å². The average Bonchev–Trinajstić information content (AvgIpc) is 2.37. The predicted molar refractivity (Wildman–Crippen MR) is 74.2 cm³/mol. The zero-order chi connectivity index (χ0) is 14.0. The highest BCUT2D eigenvalue weighted by Gasteiger charge is 2.31. The minimum Gasteiger partial charge on any atom is -0.347 e. The van der Waals surface area contributed by atoms with E-state index in [0.29, 0.717) is 23.8 Å². The van der Waals surface area contributed by atoms with Crippen molar-refractivity contribution in [3.8, 4) is 0 Å². The number of aryl methyl sites for hydroxylation is 1. The fourth-order valence-electron chi connectivity index (χ4n) is 2.73. The lowest BCUT2D eigenvalue weighted by Crippen LogP contribution is -2.47. The molecule has 1 aliphatic rings. The van der Waals surface area contributed by atoms with E-state index in [1.54, 1.807) is 19.2 Å². The molecule has 2 atom stereocenters. The molecule has 0 aromatic carbocycles. The maximum absolute atomic E-state index is 11.3. The number of nitrogens with two attached hydrogens (primary N) is 1. The van der Waals surface area contributed by atoms with Crippen LogP contribution in [0.25, 0.3) is 0 Å². The zero-order valence-corrected chi connectivity index (χ0v) is 11.4. The van der Waals surface area contributed by atoms with Crippen LogP contribution >= 0.6 is 0 Å². The quantitative estimate of drug-likeness (QED) is 0.665. The van der Waals surface area contributed by atoms with Crippen LogP contribution in [0.2, 0.25) is 0 Å². The Kier molecular flexibility index (Phi) is 3.99. The van der Waals surface area contributed by atoms with Crippen molar-refractivity contribution in [3.63, 3.8) is 0 Å². The van der Waals surface area contributed by atoms with E-state index in [2.05, 4.69) is 11.9 Å². The van der Waals surface area contributed by atoms with E-state index in [0.717, 1.165) is 19.4 Å². The molecule has 0 spiro atoms. The fraction of sp³-hybridized carbons (Fsp3) is 0.615. The molecule has 1 aromatic heterocycles. The summed E-state index contributed by atoms with van der Waals surface area (Å²) in [5.74, 6) is 1.07. The van der Waals surface area contributed by atoms with E-state index < -0.39 is 0 Å². The van der Waals surface area contributed by atoms with Gasteiger partial charge in [0.2, 0.25) is 5.82 Å². The monoisotopic (exact) mass is 264 g/mol. The maximum Gasteiger partial charge on any atom is 0.314 e. The first-order chi connectivity index (χ1) is 9.04. The predicted octanol–water partition coefficient (Wildman–Crippen LogP) is 1.86. The molecule has 19 heavy (non-hydrogen) atoms. The summed E-state index contributed by atoms with van der Waals surface area (Å²) in [5, 5.41) is 11.3. The Labute approximate surface area is 112 Å². The number of pyridine rings is 1. The van der Waals surface area contributed by atoms with Crippen LogP contribution in [0.3, 0.4) is 0 Å². The highest BCUT2D eigenvalue weighted by Crippen LogP contribution is 2.34. The molecule has 0 radical (unpaired) electrons. The second kappa shape index (κ2) is 5.52. The van der Waals surface area contributed by atoms with E-state index in [4.69, 9.17) is 5.73 Å². The minimum atomic E-state index is -0.344. The molecule has 1 fully saturated rings. The largest absolute Gasteiger partial charge is 0.347 e. The molecule has 1 aliphatic heterocycles. The first-order valence-corrected chi connectivity index (χ1v) is 6.61. The molecule has 0 saturated carbocycles. The lowest BCUT2D eigenvalue weighted by molar-refractivity contribution is -0.385. The van der Waals surface area contributed by atoms with Crippen LogP contribution in [0, 0.1) is 23.0 Å². The first kappa shape index (κ1) is 13.7. The van der Waals surface area contributed by atoms with Gasteiger partial charge in [-0.15, -0.1) is 0 Å². The Morgan fingerprint density at radius 1 is 1.63 bits per heavy atom. The van der Waals surface area contributed by atoms with Crippen LogP contribution in [0.4, 0.5) is 11.5 Å². The summed E-state index contributed by atoms with van der Waals surface area (Å²) in [6.45, 7) is 5.21. The van der Waals surface area contributed by atoms with Crippen molar-refractivity contribution < 1.29 is 4.92 Å². The first-order valence-electron chi connectivity index (χ1n) is 6.61. The summed E-state index contributed by atoms with van der Waals surface area (Å²) in [5.41, 5.74) is 6.57. The summed E-state index contributed by atoms with van der Waals surface area (Å²) >= 11 is 0. The van der Waals surface area contributed by atoms with Crippen molar-refractivity contribution >= 4 is 11.5 Å². The summed E-state index contributed by atoms with van der Waals surface area (Å²) in [4.78, 5) is 17.1. The van der Waals surface area contributed by atoms with Gasteiger partial charge in [0.05, 0.1) is 4.92 Å². The number of hydrogen-bond donors (Lipinski definition) is 1. The van der Waals surface area contributed by atoms with Crippen molar-refractivity contribution in [2.45, 2.75) is 32.7 Å². The Bertz CT molecular complexity index is 478. The molecule has 6 heteroatoms. The standard InChI is InChI=1S/C13H20N4O2/c1-9-4-6-16(11(7-9)8-14)13-12(17(18)19)10(2)3-5-15-13/h3,5,9,11H,4,6-8,14H2,1-2H3. The minimum absolute atomic E-state index is 0.107. The van der Waals surface area contributed by atoms with E-state index >= 15 is 0 Å². The molecule has 2 heterocycles. The van der Waals surface area contributed by atoms with Gasteiger partial charge in [0.1, 0.15) is 0 Å². The Balaban J connectivity index is 2.40. The highest BCUT2D eigenvalue weighted by molar-refractivity contribution is 5.62. The van der Waals surface area contributed by atoms with Crippen molar-refractivity contribution in [3.05, 3.63) is 27.9 Å². The number of nitro groups is 1. The van der Waals surface area contributed by atoms with Crippen LogP contribution in [0.5, 0.6) is 0 Å². The molecule has 0 aliphatic carbocycles. The fourth-order valence-corrected chi connectivity index (χ4v) is 2.73. The zero-order valence-electron chi connectivity index (χ0n) is 11.4. The lowest BCUT2D eigenvalue weighted by Gasteiger charge is -2.38. The molecular weight excluding hydrogens is 244 g/mol. The van der Waals surface area contributed by atoms with Gasteiger partial charge in [0, 0.05) is 30.9 Å². The van der Waals surface area contributed by atoms with E-state index in [1.165, 1.54) is 0 Å². The summed E-state index contributed by atoms with van der Waals surface area (Å²) in [6.07, 6.45) is 3.61. The molecule has 1 aromatic rings. The Morgan fingerprint density at radius 3 is 3.00 bits per heavy atom. The molecule has 2 unspecified atom stereocenters. The molecule has 6 nitrogen and oxygen atoms in total. The van der Waals surface area contributed by atoms with Crippen LogP contribution in [0.1, 0.15) is 25.3 Å². The number of rotatable bonds is 3. The topological polar surface area (TPSA) is 85.3 Å². The summed E-state index contributed by atoms with van der Waals surface area (Å²) in [6, 6.07) is 1.81. The average molecular weight is 264 g/mol. The van der Waals surface area contributed by atoms with E-state index in [9.17, 15) is 10.1 Å². The highest BCUT2D eigenvalue weighted by atomic mass is 16.6. The summed E-state index contributed by atoms with van der Waals surface area (Å²) < 4.78 is 0. The molecule has 0 amide bonds. The molecule has 0 bridgehead atoms. The number of hydrogen-bond acceptors (Lipinski definition) is 5. The van der Waals surface area contributed by atoms with Crippen LogP contribution in [-0.2, 0) is 0 Å². The third-order valence-electron chi connectivity index (χ3n) is 3.81. The van der Waals surface area contributed by atoms with Crippen molar-refractivity contribution in [1.29, 1.82) is 0 Å². The molecular formula is C13H20N4O2. The van der Waals surface area contributed by atoms with Crippen molar-refractivity contribution in [1.82, 2.24) is 4.98 Å². The SMILES string of the molecule is Cc1ccnc(N2CCC(C)CC2CN)c1[N+](=O)[O-]. The lowest BCUT2D eigenvalue weighted by atomic mass is 9.92. The van der Waals surface area contributed by atoms with Gasteiger partial charge in [-0.05, 0) is 31.7 Å². The van der Waals surface area contributed by atoms with Crippen molar-refractivity contribution in [2.75, 3.05) is 18.0 Å². The van der Waals surface area contributed by atoms with Crippen LogP contribution in [0.15, 0.2) is 12.3 Å². The van der Waals surface area contributed by atoms with Gasteiger partial charge in [0.25, 0.3) is 0 Å².